The summed E-state index contributed by atoms with van der Waals surface area (Å²) in [5, 5.41) is 14.5. The molecule has 0 saturated heterocycles. The van der Waals surface area contributed by atoms with Crippen molar-refractivity contribution in [3.05, 3.63) is 36.4 Å². The summed E-state index contributed by atoms with van der Waals surface area (Å²) in [5.74, 6) is -1.18. The van der Waals surface area contributed by atoms with E-state index in [4.69, 9.17) is 12.2 Å². The first-order valence-electron chi connectivity index (χ1n) is 5.77. The minimum absolute atomic E-state index is 0.00464. The molecule has 0 aromatic heterocycles. The maximum absolute atomic E-state index is 11.4. The Balaban J connectivity index is 2.48. The molecule has 106 valence electrons. The maximum Gasteiger partial charge on any atom is 0.330 e. The molecule has 1 rings (SSSR count). The van der Waals surface area contributed by atoms with Crippen molar-refractivity contribution >= 4 is 34.9 Å². The minimum atomic E-state index is -0.609. The molecule has 0 radical (unpaired) electrons. The van der Waals surface area contributed by atoms with Crippen molar-refractivity contribution in [1.29, 1.82) is 0 Å². The number of benzene rings is 1. The van der Waals surface area contributed by atoms with Gasteiger partial charge in [0.15, 0.2) is 5.11 Å². The van der Waals surface area contributed by atoms with Crippen molar-refractivity contribution in [3.8, 4) is 5.75 Å². The molecule has 7 heteroatoms. The lowest BCUT2D eigenvalue weighted by Gasteiger charge is -2.09. The van der Waals surface area contributed by atoms with Gasteiger partial charge in [-0.15, -0.1) is 0 Å². The van der Waals surface area contributed by atoms with Gasteiger partial charge in [0.2, 0.25) is 5.91 Å². The molecule has 0 spiro atoms. The molecule has 1 amide bonds. The van der Waals surface area contributed by atoms with Crippen LogP contribution in [0, 0.1) is 0 Å². The van der Waals surface area contributed by atoms with Crippen LogP contribution in [0.2, 0.25) is 0 Å². The summed E-state index contributed by atoms with van der Waals surface area (Å²) in [7, 11) is 0. The van der Waals surface area contributed by atoms with E-state index >= 15 is 0 Å². The third kappa shape index (κ3) is 5.49. The fraction of sp³-hybridized carbons (Fsp3) is 0.154. The third-order valence-electron chi connectivity index (χ3n) is 2.05. The van der Waals surface area contributed by atoms with Gasteiger partial charge in [-0.2, -0.15) is 0 Å². The molecule has 6 nitrogen and oxygen atoms in total. The maximum atomic E-state index is 11.4. The second kappa shape index (κ2) is 7.90. The van der Waals surface area contributed by atoms with E-state index < -0.39 is 11.9 Å². The monoisotopic (exact) mass is 294 g/mol. The highest BCUT2D eigenvalue weighted by molar-refractivity contribution is 7.80. The molecule has 0 unspecified atom stereocenters. The van der Waals surface area contributed by atoms with E-state index in [-0.39, 0.29) is 17.5 Å². The Morgan fingerprint density at radius 3 is 2.70 bits per heavy atom. The molecule has 1 aromatic rings. The van der Waals surface area contributed by atoms with Crippen LogP contribution in [0.25, 0.3) is 0 Å². The van der Waals surface area contributed by atoms with Gasteiger partial charge in [0.25, 0.3) is 0 Å². The zero-order chi connectivity index (χ0) is 15.0. The molecular formula is C13H14N2O4S. The van der Waals surface area contributed by atoms with Crippen molar-refractivity contribution in [2.24, 2.45) is 0 Å². The fourth-order valence-corrected chi connectivity index (χ4v) is 1.43. The molecule has 3 N–H and O–H groups in total. The van der Waals surface area contributed by atoms with E-state index in [9.17, 15) is 14.7 Å². The van der Waals surface area contributed by atoms with Crippen molar-refractivity contribution in [2.45, 2.75) is 6.92 Å². The summed E-state index contributed by atoms with van der Waals surface area (Å²) in [5.41, 5.74) is 0.368. The van der Waals surface area contributed by atoms with E-state index in [1.165, 1.54) is 6.07 Å². The van der Waals surface area contributed by atoms with Crippen molar-refractivity contribution < 1.29 is 19.4 Å². The van der Waals surface area contributed by atoms with E-state index in [2.05, 4.69) is 15.4 Å². The smallest absolute Gasteiger partial charge is 0.330 e. The molecule has 0 aliphatic heterocycles. The average Bonchev–Trinajstić information content (AvgIpc) is 2.39. The van der Waals surface area contributed by atoms with Crippen molar-refractivity contribution in [1.82, 2.24) is 5.32 Å². The van der Waals surface area contributed by atoms with Gasteiger partial charge >= 0.3 is 5.97 Å². The van der Waals surface area contributed by atoms with Gasteiger partial charge in [0.05, 0.1) is 12.3 Å². The third-order valence-corrected chi connectivity index (χ3v) is 2.25. The van der Waals surface area contributed by atoms with Gasteiger partial charge in [-0.1, -0.05) is 12.1 Å². The first-order chi connectivity index (χ1) is 9.52. The molecule has 0 heterocycles. The quantitative estimate of drug-likeness (QED) is 0.336. The van der Waals surface area contributed by atoms with Crippen molar-refractivity contribution in [3.63, 3.8) is 0 Å². The summed E-state index contributed by atoms with van der Waals surface area (Å²) in [6.45, 7) is 1.90. The number of phenols is 1. The van der Waals surface area contributed by atoms with Crippen LogP contribution in [0.15, 0.2) is 36.4 Å². The molecule has 0 aliphatic carbocycles. The zero-order valence-electron chi connectivity index (χ0n) is 10.8. The molecule has 20 heavy (non-hydrogen) atoms. The highest BCUT2D eigenvalue weighted by Crippen LogP contribution is 2.21. The number of anilines is 1. The Bertz CT molecular complexity index is 543. The van der Waals surface area contributed by atoms with E-state index in [1.54, 1.807) is 25.1 Å². The number of esters is 1. The highest BCUT2D eigenvalue weighted by atomic mass is 32.1. The number of hydrogen-bond acceptors (Lipinski definition) is 5. The normalized spacial score (nSPS) is 10.1. The Morgan fingerprint density at radius 1 is 1.35 bits per heavy atom. The average molecular weight is 294 g/mol. The molecule has 0 atom stereocenters. The van der Waals surface area contributed by atoms with Gasteiger partial charge in [-0.3, -0.25) is 10.1 Å². The number of aromatic hydroxyl groups is 1. The van der Waals surface area contributed by atoms with Crippen LogP contribution in [0.3, 0.4) is 0 Å². The van der Waals surface area contributed by atoms with E-state index in [1.807, 2.05) is 0 Å². The van der Waals surface area contributed by atoms with Gasteiger partial charge in [-0.05, 0) is 31.3 Å². The van der Waals surface area contributed by atoms with Crippen LogP contribution in [0.5, 0.6) is 5.75 Å². The SMILES string of the molecule is CCOC(=O)/C=C/C(=O)NC(=S)Nc1ccccc1O. The van der Waals surface area contributed by atoms with Crippen LogP contribution in [-0.2, 0) is 14.3 Å². The highest BCUT2D eigenvalue weighted by Gasteiger charge is 2.05. The Hall–Kier alpha value is -2.41. The summed E-state index contributed by atoms with van der Waals surface area (Å²) < 4.78 is 4.62. The molecule has 1 aromatic carbocycles. The Labute approximate surface area is 121 Å². The van der Waals surface area contributed by atoms with Crippen LogP contribution < -0.4 is 10.6 Å². The largest absolute Gasteiger partial charge is 0.506 e. The molecule has 0 bridgehead atoms. The number of rotatable bonds is 4. The fourth-order valence-electron chi connectivity index (χ4n) is 1.22. The number of carbonyl (C=O) groups excluding carboxylic acids is 2. The van der Waals surface area contributed by atoms with Gasteiger partial charge < -0.3 is 15.2 Å². The summed E-state index contributed by atoms with van der Waals surface area (Å²) in [4.78, 5) is 22.4. The second-order valence-electron chi connectivity index (χ2n) is 3.55. The number of hydrogen-bond donors (Lipinski definition) is 3. The van der Waals surface area contributed by atoms with Gasteiger partial charge in [0.1, 0.15) is 5.75 Å². The van der Waals surface area contributed by atoms with Crippen LogP contribution in [-0.4, -0.2) is 28.7 Å². The second-order valence-corrected chi connectivity index (χ2v) is 3.95. The minimum Gasteiger partial charge on any atom is -0.506 e. The van der Waals surface area contributed by atoms with Gasteiger partial charge in [-0.25, -0.2) is 4.79 Å². The van der Waals surface area contributed by atoms with E-state index in [0.29, 0.717) is 5.69 Å². The summed E-state index contributed by atoms with van der Waals surface area (Å²) in [6.07, 6.45) is 2.01. The number of carbonyl (C=O) groups is 2. The van der Waals surface area contributed by atoms with Crippen LogP contribution in [0.1, 0.15) is 6.92 Å². The number of ether oxygens (including phenoxy) is 1. The predicted octanol–water partition coefficient (Wildman–Crippen LogP) is 1.32. The van der Waals surface area contributed by atoms with Crippen LogP contribution >= 0.6 is 12.2 Å². The summed E-state index contributed by atoms with van der Waals surface area (Å²) >= 11 is 4.90. The summed E-state index contributed by atoms with van der Waals surface area (Å²) in [6, 6.07) is 6.44. The number of thiocarbonyl (C=S) groups is 1. The number of phenolic OH excluding ortho intramolecular Hbond substituents is 1. The number of nitrogens with one attached hydrogen (secondary N) is 2. The van der Waals surface area contributed by atoms with Crippen molar-refractivity contribution in [2.75, 3.05) is 11.9 Å². The topological polar surface area (TPSA) is 87.7 Å². The van der Waals surface area contributed by atoms with Gasteiger partial charge in [0, 0.05) is 12.2 Å². The lowest BCUT2D eigenvalue weighted by atomic mass is 10.3. The van der Waals surface area contributed by atoms with E-state index in [0.717, 1.165) is 12.2 Å². The number of amides is 1. The zero-order valence-corrected chi connectivity index (χ0v) is 11.6. The Morgan fingerprint density at radius 2 is 2.05 bits per heavy atom. The molecule has 0 fully saturated rings. The first-order valence-corrected chi connectivity index (χ1v) is 6.18. The molecular weight excluding hydrogens is 280 g/mol. The lowest BCUT2D eigenvalue weighted by Crippen LogP contribution is -2.33. The van der Waals surface area contributed by atoms with Crippen LogP contribution in [0.4, 0.5) is 5.69 Å². The first kappa shape index (κ1) is 15.6. The predicted molar refractivity (Wildman–Crippen MR) is 78.2 cm³/mol. The molecule has 0 aliphatic rings. The lowest BCUT2D eigenvalue weighted by molar-refractivity contribution is -0.137. The Kier molecular flexibility index (Phi) is 6.18. The number of para-hydroxylation sites is 2. The standard InChI is InChI=1S/C13H14N2O4S/c1-2-19-12(18)8-7-11(17)15-13(20)14-9-5-3-4-6-10(9)16/h3-8,16H,2H2,1H3,(H2,14,15,17,20)/b8-7+. The molecule has 0 saturated carbocycles.